The van der Waals surface area contributed by atoms with E-state index >= 15 is 0 Å². The zero-order valence-corrected chi connectivity index (χ0v) is 15.8. The number of hydrogen-bond donors (Lipinski definition) is 1. The molecule has 136 valence electrons. The molecule has 2 N–H and O–H groups in total. The van der Waals surface area contributed by atoms with Crippen molar-refractivity contribution in [2.24, 2.45) is 5.84 Å². The number of anilines is 1. The molecular formula is C18H27N5O2. The highest BCUT2D eigenvalue weighted by molar-refractivity contribution is 5.90. The van der Waals surface area contributed by atoms with Crippen molar-refractivity contribution >= 4 is 22.9 Å². The van der Waals surface area contributed by atoms with Gasteiger partial charge in [0.05, 0.1) is 12.2 Å². The van der Waals surface area contributed by atoms with E-state index in [4.69, 9.17) is 10.6 Å². The van der Waals surface area contributed by atoms with Crippen LogP contribution in [0.5, 0.6) is 0 Å². The molecule has 0 aromatic carbocycles. The molecule has 0 atom stereocenters. The fourth-order valence-electron chi connectivity index (χ4n) is 2.61. The number of aromatic nitrogens is 3. The smallest absolute Gasteiger partial charge is 0.430 e. The van der Waals surface area contributed by atoms with Gasteiger partial charge in [0.1, 0.15) is 5.60 Å². The van der Waals surface area contributed by atoms with Crippen molar-refractivity contribution in [1.82, 2.24) is 14.8 Å². The van der Waals surface area contributed by atoms with Crippen LogP contribution in [0.4, 0.5) is 10.6 Å². The van der Waals surface area contributed by atoms with Crippen LogP contribution in [0.2, 0.25) is 0 Å². The largest absolute Gasteiger partial charge is 0.442 e. The van der Waals surface area contributed by atoms with Gasteiger partial charge in [-0.3, -0.25) is 0 Å². The molecule has 0 unspecified atom stereocenters. The minimum absolute atomic E-state index is 0.219. The number of pyridine rings is 1. The van der Waals surface area contributed by atoms with Crippen LogP contribution >= 0.6 is 0 Å². The maximum atomic E-state index is 12.3. The number of nitrogens with zero attached hydrogens (tertiary/aromatic N) is 4. The molecule has 2 aromatic heterocycles. The van der Waals surface area contributed by atoms with Gasteiger partial charge in [0.25, 0.3) is 0 Å². The third-order valence-corrected chi connectivity index (χ3v) is 3.66. The molecule has 0 saturated heterocycles. The normalized spacial score (nSPS) is 11.8. The number of rotatable bonds is 4. The number of carbonyl (C=O) groups is 1. The lowest BCUT2D eigenvalue weighted by molar-refractivity contribution is 0.0579. The van der Waals surface area contributed by atoms with Gasteiger partial charge in [-0.1, -0.05) is 19.9 Å². The zero-order valence-electron chi connectivity index (χ0n) is 15.8. The fourth-order valence-corrected chi connectivity index (χ4v) is 2.61. The summed E-state index contributed by atoms with van der Waals surface area (Å²) in [5, 5.41) is 6.46. The molecule has 0 aliphatic rings. The van der Waals surface area contributed by atoms with Crippen LogP contribution in [-0.4, -0.2) is 26.5 Å². The number of hydrogen-bond acceptors (Lipinski definition) is 5. The average molecular weight is 345 g/mol. The first kappa shape index (κ1) is 18.9. The number of carbonyl (C=O) groups excluding carboxylic acids is 1. The zero-order chi connectivity index (χ0) is 18.9. The van der Waals surface area contributed by atoms with E-state index in [1.807, 2.05) is 13.0 Å². The molecule has 0 aliphatic heterocycles. The van der Waals surface area contributed by atoms with Gasteiger partial charge in [0, 0.05) is 5.39 Å². The summed E-state index contributed by atoms with van der Waals surface area (Å²) in [5.41, 5.74) is 1.96. The maximum Gasteiger partial charge on any atom is 0.430 e. The first-order chi connectivity index (χ1) is 11.5. The van der Waals surface area contributed by atoms with Crippen LogP contribution in [-0.2, 0) is 11.3 Å². The molecule has 1 amide bonds. The highest BCUT2D eigenvalue weighted by Gasteiger charge is 2.24. The molecule has 2 aromatic rings. The molecule has 7 heteroatoms. The minimum atomic E-state index is -0.652. The monoisotopic (exact) mass is 345 g/mol. The first-order valence-corrected chi connectivity index (χ1v) is 8.32. The van der Waals surface area contributed by atoms with Crippen LogP contribution in [0.3, 0.4) is 0 Å². The van der Waals surface area contributed by atoms with Crippen LogP contribution in [0.1, 0.15) is 51.8 Å². The van der Waals surface area contributed by atoms with E-state index < -0.39 is 11.7 Å². The van der Waals surface area contributed by atoms with E-state index in [-0.39, 0.29) is 5.92 Å². The number of ether oxygens (including phenoxy) is 1. The predicted octanol–water partition coefficient (Wildman–Crippen LogP) is 3.66. The Morgan fingerprint density at radius 3 is 2.64 bits per heavy atom. The van der Waals surface area contributed by atoms with Gasteiger partial charge in [0.15, 0.2) is 11.5 Å². The van der Waals surface area contributed by atoms with Crippen LogP contribution in [0.15, 0.2) is 18.7 Å². The second kappa shape index (κ2) is 6.84. The molecular weight excluding hydrogens is 318 g/mol. The van der Waals surface area contributed by atoms with Crippen LogP contribution in [0, 0.1) is 6.92 Å². The van der Waals surface area contributed by atoms with E-state index in [1.165, 1.54) is 0 Å². The predicted molar refractivity (Wildman–Crippen MR) is 99.5 cm³/mol. The lowest BCUT2D eigenvalue weighted by Gasteiger charge is -2.24. The van der Waals surface area contributed by atoms with Crippen molar-refractivity contribution < 1.29 is 9.53 Å². The number of nitrogens with two attached hydrogens (primary N) is 1. The van der Waals surface area contributed by atoms with E-state index in [9.17, 15) is 4.79 Å². The van der Waals surface area contributed by atoms with E-state index in [1.54, 1.807) is 31.5 Å². The Bertz CT molecular complexity index is 802. The van der Waals surface area contributed by atoms with Gasteiger partial charge in [-0.15, -0.1) is 6.58 Å². The summed E-state index contributed by atoms with van der Waals surface area (Å²) in [6.07, 6.45) is 1.10. The topological polar surface area (TPSA) is 86.3 Å². The van der Waals surface area contributed by atoms with Crippen molar-refractivity contribution in [3.8, 4) is 0 Å². The fraction of sp³-hybridized carbons (Fsp3) is 0.500. The quantitative estimate of drug-likeness (QED) is 0.395. The van der Waals surface area contributed by atoms with Crippen molar-refractivity contribution in [2.75, 3.05) is 5.01 Å². The number of allylic oxidation sites excluding steroid dienone is 1. The summed E-state index contributed by atoms with van der Waals surface area (Å²) in [6.45, 7) is 15.8. The summed E-state index contributed by atoms with van der Waals surface area (Å²) in [7, 11) is 0. The highest BCUT2D eigenvalue weighted by Crippen LogP contribution is 2.30. The summed E-state index contributed by atoms with van der Waals surface area (Å²) < 4.78 is 7.09. The van der Waals surface area contributed by atoms with Gasteiger partial charge in [-0.05, 0) is 45.2 Å². The van der Waals surface area contributed by atoms with Crippen molar-refractivity contribution in [2.45, 2.75) is 59.6 Å². The van der Waals surface area contributed by atoms with E-state index in [0.29, 0.717) is 18.0 Å². The van der Waals surface area contributed by atoms with Crippen molar-refractivity contribution in [1.29, 1.82) is 0 Å². The van der Waals surface area contributed by atoms with Crippen molar-refractivity contribution in [3.05, 3.63) is 30.0 Å². The Kier molecular flexibility index (Phi) is 5.17. The lowest BCUT2D eigenvalue weighted by atomic mass is 10.00. The molecule has 2 heterocycles. The van der Waals surface area contributed by atoms with Gasteiger partial charge in [-0.25, -0.2) is 20.3 Å². The molecule has 25 heavy (non-hydrogen) atoms. The number of hydrazine groups is 1. The molecule has 0 aliphatic carbocycles. The van der Waals surface area contributed by atoms with E-state index in [0.717, 1.165) is 21.7 Å². The molecule has 0 fully saturated rings. The Morgan fingerprint density at radius 1 is 1.48 bits per heavy atom. The second-order valence-corrected chi connectivity index (χ2v) is 7.33. The van der Waals surface area contributed by atoms with Gasteiger partial charge < -0.3 is 4.74 Å². The summed E-state index contributed by atoms with van der Waals surface area (Å²) in [6, 6.07) is 1.82. The molecule has 0 saturated carbocycles. The van der Waals surface area contributed by atoms with E-state index in [2.05, 4.69) is 30.5 Å². The SMILES string of the molecule is C=CCn1nc(C)c2c(C(C)C)cc(N(N)C(=O)OC(C)(C)C)nc21. The molecule has 0 radical (unpaired) electrons. The Balaban J connectivity index is 2.59. The lowest BCUT2D eigenvalue weighted by Crippen LogP contribution is -2.42. The second-order valence-electron chi connectivity index (χ2n) is 7.33. The Labute approximate surface area is 148 Å². The van der Waals surface area contributed by atoms with Gasteiger partial charge in [-0.2, -0.15) is 10.1 Å². The maximum absolute atomic E-state index is 12.3. The van der Waals surface area contributed by atoms with Crippen molar-refractivity contribution in [3.63, 3.8) is 0 Å². The molecule has 2 rings (SSSR count). The molecule has 7 nitrogen and oxygen atoms in total. The average Bonchev–Trinajstić information content (AvgIpc) is 2.80. The summed E-state index contributed by atoms with van der Waals surface area (Å²) in [4.78, 5) is 16.9. The summed E-state index contributed by atoms with van der Waals surface area (Å²) in [5.74, 6) is 6.53. The van der Waals surface area contributed by atoms with Crippen LogP contribution < -0.4 is 10.9 Å². The Hall–Kier alpha value is -2.41. The molecule has 0 bridgehead atoms. The van der Waals surface area contributed by atoms with Gasteiger partial charge in [0.2, 0.25) is 0 Å². The third kappa shape index (κ3) is 3.99. The molecule has 0 spiro atoms. The minimum Gasteiger partial charge on any atom is -0.442 e. The van der Waals surface area contributed by atoms with Crippen LogP contribution in [0.25, 0.3) is 11.0 Å². The number of amides is 1. The highest BCUT2D eigenvalue weighted by atomic mass is 16.6. The first-order valence-electron chi connectivity index (χ1n) is 8.32. The summed E-state index contributed by atoms with van der Waals surface area (Å²) >= 11 is 0. The number of fused-ring (bicyclic) bond motifs is 1. The van der Waals surface area contributed by atoms with Gasteiger partial charge >= 0.3 is 6.09 Å². The standard InChI is InChI=1S/C18H27N5O2/c1-8-9-22-16-15(12(4)21-22)13(11(2)3)10-14(20-16)23(19)17(24)25-18(5,6)7/h8,10-11H,1,9,19H2,2-7H3. The number of aryl methyl sites for hydroxylation is 1. The Morgan fingerprint density at radius 2 is 2.12 bits per heavy atom. The third-order valence-electron chi connectivity index (χ3n) is 3.66.